The Bertz CT molecular complexity index is 333. The zero-order valence-corrected chi connectivity index (χ0v) is 10.3. The second kappa shape index (κ2) is 4.55. The zero-order valence-electron chi connectivity index (χ0n) is 7.91. The van der Waals surface area contributed by atoms with E-state index in [4.69, 9.17) is 16.7 Å². The van der Waals surface area contributed by atoms with Gasteiger partial charge in [-0.1, -0.05) is 11.6 Å². The fourth-order valence-electron chi connectivity index (χ4n) is 1.03. The molecule has 0 aliphatic rings. The van der Waals surface area contributed by atoms with Gasteiger partial charge in [0.1, 0.15) is 0 Å². The molecule has 0 spiro atoms. The number of carbonyl (C=O) groups is 1. The van der Waals surface area contributed by atoms with Crippen molar-refractivity contribution in [1.29, 1.82) is 0 Å². The molecule has 0 aliphatic carbocycles. The van der Waals surface area contributed by atoms with E-state index in [0.29, 0.717) is 0 Å². The summed E-state index contributed by atoms with van der Waals surface area (Å²) in [5.41, 5.74) is 0. The van der Waals surface area contributed by atoms with Gasteiger partial charge < -0.3 is 5.11 Å². The van der Waals surface area contributed by atoms with Crippen LogP contribution in [0.2, 0.25) is 4.34 Å². The molecule has 0 saturated heterocycles. The molecule has 0 fully saturated rings. The molecule has 1 rings (SSSR count). The summed E-state index contributed by atoms with van der Waals surface area (Å²) in [6.45, 7) is 3.83. The smallest absolute Gasteiger partial charge is 0.304 e. The minimum atomic E-state index is -0.773. The van der Waals surface area contributed by atoms with Crippen LogP contribution in [0.3, 0.4) is 0 Å². The first-order valence-electron chi connectivity index (χ1n) is 4.05. The third kappa shape index (κ3) is 3.90. The molecule has 1 N–H and O–H groups in total. The molecule has 0 amide bonds. The molecule has 0 atom stereocenters. The van der Waals surface area contributed by atoms with Gasteiger partial charge >= 0.3 is 5.97 Å². The maximum Gasteiger partial charge on any atom is 0.304 e. The zero-order chi connectivity index (χ0) is 10.8. The first-order valence-corrected chi connectivity index (χ1v) is 6.06. The standard InChI is InChI=1S/C9H11ClO2S2/c1-9(2,5-7(11)12)14-8-4-3-6(10)13-8/h3-4H,5H2,1-2H3,(H,11,12). The van der Waals surface area contributed by atoms with E-state index < -0.39 is 5.97 Å². The van der Waals surface area contributed by atoms with E-state index in [1.165, 1.54) is 11.3 Å². The lowest BCUT2D eigenvalue weighted by molar-refractivity contribution is -0.137. The quantitative estimate of drug-likeness (QED) is 0.827. The van der Waals surface area contributed by atoms with E-state index in [1.807, 2.05) is 26.0 Å². The number of thioether (sulfide) groups is 1. The van der Waals surface area contributed by atoms with Crippen molar-refractivity contribution in [3.63, 3.8) is 0 Å². The van der Waals surface area contributed by atoms with Crippen molar-refractivity contribution in [3.8, 4) is 0 Å². The number of aliphatic carboxylic acids is 1. The molecular weight excluding hydrogens is 240 g/mol. The van der Waals surface area contributed by atoms with Crippen molar-refractivity contribution in [1.82, 2.24) is 0 Å². The predicted octanol–water partition coefficient (Wildman–Crippen LogP) is 3.75. The Labute approximate surface area is 96.3 Å². The van der Waals surface area contributed by atoms with Crippen LogP contribution in [-0.4, -0.2) is 15.8 Å². The number of rotatable bonds is 4. The number of carboxylic acids is 1. The Balaban J connectivity index is 2.63. The van der Waals surface area contributed by atoms with E-state index in [9.17, 15) is 4.79 Å². The highest BCUT2D eigenvalue weighted by Crippen LogP contribution is 2.39. The maximum absolute atomic E-state index is 10.6. The minimum Gasteiger partial charge on any atom is -0.481 e. The predicted molar refractivity (Wildman–Crippen MR) is 61.5 cm³/mol. The molecule has 5 heteroatoms. The first kappa shape index (κ1) is 11.9. The molecule has 0 saturated carbocycles. The van der Waals surface area contributed by atoms with Crippen molar-refractivity contribution in [2.75, 3.05) is 0 Å². The monoisotopic (exact) mass is 250 g/mol. The van der Waals surface area contributed by atoms with Crippen molar-refractivity contribution >= 4 is 40.7 Å². The number of thiophene rings is 1. The average Bonchev–Trinajstić information content (AvgIpc) is 2.30. The van der Waals surface area contributed by atoms with Crippen LogP contribution in [0.25, 0.3) is 0 Å². The van der Waals surface area contributed by atoms with Crippen LogP contribution >= 0.6 is 34.7 Å². The fraction of sp³-hybridized carbons (Fsp3) is 0.444. The van der Waals surface area contributed by atoms with Gasteiger partial charge in [-0.25, -0.2) is 0 Å². The van der Waals surface area contributed by atoms with Crippen LogP contribution in [0, 0.1) is 0 Å². The van der Waals surface area contributed by atoms with Crippen molar-refractivity contribution in [2.45, 2.75) is 29.2 Å². The van der Waals surface area contributed by atoms with Gasteiger partial charge in [0.05, 0.1) is 15.0 Å². The van der Waals surface area contributed by atoms with Crippen LogP contribution < -0.4 is 0 Å². The van der Waals surface area contributed by atoms with Gasteiger partial charge in [-0.15, -0.1) is 23.1 Å². The Morgan fingerprint density at radius 2 is 2.29 bits per heavy atom. The molecule has 1 heterocycles. The van der Waals surface area contributed by atoms with Gasteiger partial charge in [0.15, 0.2) is 0 Å². The summed E-state index contributed by atoms with van der Waals surface area (Å²) >= 11 is 8.81. The van der Waals surface area contributed by atoms with E-state index in [0.717, 1.165) is 8.55 Å². The van der Waals surface area contributed by atoms with Gasteiger partial charge in [0, 0.05) is 4.75 Å². The number of hydrogen-bond donors (Lipinski definition) is 1. The molecule has 0 aliphatic heterocycles. The first-order chi connectivity index (χ1) is 6.39. The van der Waals surface area contributed by atoms with Crippen molar-refractivity contribution < 1.29 is 9.90 Å². The molecule has 1 aromatic heterocycles. The van der Waals surface area contributed by atoms with E-state index in [2.05, 4.69) is 0 Å². The molecule has 0 radical (unpaired) electrons. The lowest BCUT2D eigenvalue weighted by Gasteiger charge is -2.20. The second-order valence-corrected chi connectivity index (χ2v) is 7.21. The molecular formula is C9H11ClO2S2. The number of hydrogen-bond acceptors (Lipinski definition) is 3. The molecule has 0 bridgehead atoms. The van der Waals surface area contributed by atoms with Crippen LogP contribution in [-0.2, 0) is 4.79 Å². The van der Waals surface area contributed by atoms with E-state index in [1.54, 1.807) is 11.8 Å². The summed E-state index contributed by atoms with van der Waals surface area (Å²) in [6.07, 6.45) is 0.146. The molecule has 0 aromatic carbocycles. The molecule has 14 heavy (non-hydrogen) atoms. The normalized spacial score (nSPS) is 11.6. The van der Waals surface area contributed by atoms with Crippen molar-refractivity contribution in [3.05, 3.63) is 16.5 Å². The summed E-state index contributed by atoms with van der Waals surface area (Å²) < 4.78 is 1.50. The molecule has 0 unspecified atom stereocenters. The molecule has 78 valence electrons. The fourth-order valence-corrected chi connectivity index (χ4v) is 3.93. The SMILES string of the molecule is CC(C)(CC(=O)O)Sc1ccc(Cl)s1. The molecule has 1 aromatic rings. The third-order valence-electron chi connectivity index (χ3n) is 1.50. The van der Waals surface area contributed by atoms with Gasteiger partial charge in [-0.2, -0.15) is 0 Å². The maximum atomic E-state index is 10.6. The minimum absolute atomic E-state index is 0.146. The average molecular weight is 251 g/mol. The Hall–Kier alpha value is -0.190. The van der Waals surface area contributed by atoms with Crippen LogP contribution in [0.15, 0.2) is 16.3 Å². The van der Waals surface area contributed by atoms with Gasteiger partial charge in [-0.05, 0) is 26.0 Å². The summed E-state index contributed by atoms with van der Waals surface area (Å²) in [4.78, 5) is 10.6. The third-order valence-corrected chi connectivity index (χ3v) is 4.06. The van der Waals surface area contributed by atoms with E-state index in [-0.39, 0.29) is 11.2 Å². The molecule has 2 nitrogen and oxygen atoms in total. The lowest BCUT2D eigenvalue weighted by Crippen LogP contribution is -2.19. The van der Waals surface area contributed by atoms with Crippen LogP contribution in [0.4, 0.5) is 0 Å². The lowest BCUT2D eigenvalue weighted by atomic mass is 10.1. The second-order valence-electron chi connectivity index (χ2n) is 3.49. The van der Waals surface area contributed by atoms with Crippen LogP contribution in [0.1, 0.15) is 20.3 Å². The number of carboxylic acid groups (broad SMARTS) is 1. The summed E-state index contributed by atoms with van der Waals surface area (Å²) in [6, 6.07) is 3.74. The van der Waals surface area contributed by atoms with Gasteiger partial charge in [-0.3, -0.25) is 4.79 Å². The number of halogens is 1. The van der Waals surface area contributed by atoms with Gasteiger partial charge in [0.2, 0.25) is 0 Å². The Morgan fingerprint density at radius 3 is 2.71 bits per heavy atom. The summed E-state index contributed by atoms with van der Waals surface area (Å²) in [5.74, 6) is -0.773. The highest BCUT2D eigenvalue weighted by molar-refractivity contribution is 8.02. The van der Waals surface area contributed by atoms with Crippen LogP contribution in [0.5, 0.6) is 0 Å². The highest BCUT2D eigenvalue weighted by Gasteiger charge is 2.23. The van der Waals surface area contributed by atoms with E-state index >= 15 is 0 Å². The topological polar surface area (TPSA) is 37.3 Å². The Morgan fingerprint density at radius 1 is 1.64 bits per heavy atom. The largest absolute Gasteiger partial charge is 0.481 e. The van der Waals surface area contributed by atoms with Gasteiger partial charge in [0.25, 0.3) is 0 Å². The Kier molecular flexibility index (Phi) is 3.86. The highest BCUT2D eigenvalue weighted by atomic mass is 35.5. The van der Waals surface area contributed by atoms with Crippen molar-refractivity contribution in [2.24, 2.45) is 0 Å². The summed E-state index contributed by atoms with van der Waals surface area (Å²) in [5, 5.41) is 8.70. The summed E-state index contributed by atoms with van der Waals surface area (Å²) in [7, 11) is 0.